The van der Waals surface area contributed by atoms with Crippen molar-refractivity contribution in [3.05, 3.63) is 59.9 Å². The molecule has 0 aliphatic carbocycles. The number of carbonyl (C=O) groups is 1. The molecule has 0 aliphatic heterocycles. The highest BCUT2D eigenvalue weighted by Crippen LogP contribution is 2.30. The number of nitrogens with two attached hydrogens (primary N) is 1. The van der Waals surface area contributed by atoms with E-state index in [1.165, 1.54) is 0 Å². The van der Waals surface area contributed by atoms with Crippen molar-refractivity contribution in [3.8, 4) is 0 Å². The van der Waals surface area contributed by atoms with Gasteiger partial charge in [0.25, 0.3) is 0 Å². The summed E-state index contributed by atoms with van der Waals surface area (Å²) in [5.74, 6) is 1.48. The minimum absolute atomic E-state index is 0.411. The first kappa shape index (κ1) is 24.5. The highest BCUT2D eigenvalue weighted by Gasteiger charge is 2.17. The Kier molecular flexibility index (Phi) is 8.19. The summed E-state index contributed by atoms with van der Waals surface area (Å²) in [6.45, 7) is 5.45. The first-order chi connectivity index (χ1) is 17.1. The fraction of sp³-hybridized carbons (Fsp3) is 0.393. The molecule has 7 nitrogen and oxygen atoms in total. The third-order valence-electron chi connectivity index (χ3n) is 6.22. The Balaban J connectivity index is 1.54. The van der Waals surface area contributed by atoms with E-state index in [0.717, 1.165) is 78.3 Å². The van der Waals surface area contributed by atoms with Crippen molar-refractivity contribution in [2.75, 3.05) is 17.7 Å². The molecule has 0 unspecified atom stereocenters. The number of amides is 1. The minimum atomic E-state index is -0.411. The quantitative estimate of drug-likeness (QED) is 0.237. The number of hydrogen-bond donors (Lipinski definition) is 2. The number of nitrogens with zero attached hydrogens (tertiary/aromatic N) is 3. The van der Waals surface area contributed by atoms with E-state index in [2.05, 4.69) is 34.8 Å². The Morgan fingerprint density at radius 1 is 0.971 bits per heavy atom. The maximum atomic E-state index is 12.1. The number of aromatic nitrogens is 3. The standard InChI is InChI=1S/C28H35N5O2/c1-3-5-7-10-18-35-28(34)30-21-16-14-20(15-17-21)19-33-24(13-6-4-2)32-25-26(33)22-11-8-9-12-23(22)31-27(25)29/h8-9,11-12,14-17H,3-7,10,13,18-19H2,1-2H3,(H2,29,31)(H,30,34). The summed E-state index contributed by atoms with van der Waals surface area (Å²) in [5, 5.41) is 3.86. The van der Waals surface area contributed by atoms with Gasteiger partial charge in [-0.1, -0.05) is 69.9 Å². The van der Waals surface area contributed by atoms with E-state index in [9.17, 15) is 4.79 Å². The fourth-order valence-corrected chi connectivity index (χ4v) is 4.32. The number of nitrogens with one attached hydrogen (secondary N) is 1. The second-order valence-electron chi connectivity index (χ2n) is 8.95. The molecule has 0 radical (unpaired) electrons. The summed E-state index contributed by atoms with van der Waals surface area (Å²) in [7, 11) is 0. The molecule has 184 valence electrons. The van der Waals surface area contributed by atoms with Crippen LogP contribution in [0.2, 0.25) is 0 Å². The zero-order chi connectivity index (χ0) is 24.6. The Bertz CT molecular complexity index is 1280. The van der Waals surface area contributed by atoms with Crippen LogP contribution in [0, 0.1) is 0 Å². The molecule has 2 aromatic heterocycles. The second kappa shape index (κ2) is 11.7. The van der Waals surface area contributed by atoms with Gasteiger partial charge in [-0.15, -0.1) is 0 Å². The van der Waals surface area contributed by atoms with Crippen molar-refractivity contribution >= 4 is 39.5 Å². The number of carbonyl (C=O) groups excluding carboxylic acids is 1. The van der Waals surface area contributed by atoms with Gasteiger partial charge in [0, 0.05) is 24.0 Å². The van der Waals surface area contributed by atoms with Gasteiger partial charge < -0.3 is 15.0 Å². The number of aryl methyl sites for hydroxylation is 1. The van der Waals surface area contributed by atoms with Gasteiger partial charge in [-0.05, 0) is 36.6 Å². The SMILES string of the molecule is CCCCCCOC(=O)Nc1ccc(Cn2c(CCCC)nc3c(N)nc4ccccc4c32)cc1. The Hall–Kier alpha value is -3.61. The predicted octanol–water partition coefficient (Wildman–Crippen LogP) is 6.69. The van der Waals surface area contributed by atoms with Gasteiger partial charge >= 0.3 is 6.09 Å². The molecule has 0 saturated carbocycles. The molecule has 0 spiro atoms. The van der Waals surface area contributed by atoms with E-state index in [1.807, 2.05) is 42.5 Å². The van der Waals surface area contributed by atoms with E-state index in [-0.39, 0.29) is 0 Å². The fourth-order valence-electron chi connectivity index (χ4n) is 4.32. The van der Waals surface area contributed by atoms with Gasteiger partial charge in [-0.3, -0.25) is 5.32 Å². The predicted molar refractivity (Wildman–Crippen MR) is 143 cm³/mol. The van der Waals surface area contributed by atoms with Gasteiger partial charge in [0.2, 0.25) is 0 Å². The lowest BCUT2D eigenvalue weighted by atomic mass is 10.1. The zero-order valence-electron chi connectivity index (χ0n) is 20.7. The molecule has 4 aromatic rings. The lowest BCUT2D eigenvalue weighted by Gasteiger charge is -2.12. The number of para-hydroxylation sites is 1. The lowest BCUT2D eigenvalue weighted by molar-refractivity contribution is 0.159. The summed E-state index contributed by atoms with van der Waals surface area (Å²) >= 11 is 0. The van der Waals surface area contributed by atoms with E-state index >= 15 is 0 Å². The van der Waals surface area contributed by atoms with Crippen LogP contribution in [0.4, 0.5) is 16.3 Å². The maximum Gasteiger partial charge on any atom is 0.411 e. The number of anilines is 2. The van der Waals surface area contributed by atoms with Gasteiger partial charge in [-0.25, -0.2) is 14.8 Å². The van der Waals surface area contributed by atoms with E-state index in [1.54, 1.807) is 0 Å². The van der Waals surface area contributed by atoms with Gasteiger partial charge in [-0.2, -0.15) is 0 Å². The molecule has 3 N–H and O–H groups in total. The highest BCUT2D eigenvalue weighted by molar-refractivity contribution is 6.06. The number of rotatable bonds is 11. The maximum absolute atomic E-state index is 12.1. The summed E-state index contributed by atoms with van der Waals surface area (Å²) in [5.41, 5.74) is 10.8. The number of imidazole rings is 1. The highest BCUT2D eigenvalue weighted by atomic mass is 16.5. The minimum Gasteiger partial charge on any atom is -0.449 e. The first-order valence-corrected chi connectivity index (χ1v) is 12.7. The number of fused-ring (bicyclic) bond motifs is 3. The average molecular weight is 474 g/mol. The van der Waals surface area contributed by atoms with Crippen LogP contribution in [0.5, 0.6) is 0 Å². The number of hydrogen-bond acceptors (Lipinski definition) is 5. The normalized spacial score (nSPS) is 11.3. The van der Waals surface area contributed by atoms with Crippen LogP contribution in [-0.2, 0) is 17.7 Å². The van der Waals surface area contributed by atoms with Crippen molar-refractivity contribution in [1.29, 1.82) is 0 Å². The molecule has 0 fully saturated rings. The molecule has 35 heavy (non-hydrogen) atoms. The van der Waals surface area contributed by atoms with E-state index in [4.69, 9.17) is 15.5 Å². The third-order valence-corrected chi connectivity index (χ3v) is 6.22. The van der Waals surface area contributed by atoms with Crippen LogP contribution in [0.1, 0.15) is 63.8 Å². The van der Waals surface area contributed by atoms with Crippen LogP contribution >= 0.6 is 0 Å². The number of benzene rings is 2. The Labute approximate surface area is 206 Å². The molecule has 7 heteroatoms. The molecular weight excluding hydrogens is 438 g/mol. The molecule has 2 heterocycles. The van der Waals surface area contributed by atoms with Crippen molar-refractivity contribution < 1.29 is 9.53 Å². The number of unbranched alkanes of at least 4 members (excludes halogenated alkanes) is 4. The smallest absolute Gasteiger partial charge is 0.411 e. The van der Waals surface area contributed by atoms with Crippen molar-refractivity contribution in [2.24, 2.45) is 0 Å². The van der Waals surface area contributed by atoms with Gasteiger partial charge in [0.05, 0.1) is 17.6 Å². The summed E-state index contributed by atoms with van der Waals surface area (Å²) < 4.78 is 7.54. The number of ether oxygens (including phenoxy) is 1. The largest absolute Gasteiger partial charge is 0.449 e. The zero-order valence-corrected chi connectivity index (χ0v) is 20.7. The molecule has 1 amide bonds. The number of pyridine rings is 1. The molecule has 2 aromatic carbocycles. The van der Waals surface area contributed by atoms with E-state index in [0.29, 0.717) is 24.7 Å². The molecule has 0 aliphatic rings. The third kappa shape index (κ3) is 5.91. The second-order valence-corrected chi connectivity index (χ2v) is 8.95. The van der Waals surface area contributed by atoms with Crippen LogP contribution in [0.15, 0.2) is 48.5 Å². The van der Waals surface area contributed by atoms with Crippen LogP contribution < -0.4 is 11.1 Å². The molecule has 0 bridgehead atoms. The monoisotopic (exact) mass is 473 g/mol. The molecule has 4 rings (SSSR count). The molecule has 0 atom stereocenters. The first-order valence-electron chi connectivity index (χ1n) is 12.7. The van der Waals surface area contributed by atoms with E-state index < -0.39 is 6.09 Å². The topological polar surface area (TPSA) is 95.1 Å². The summed E-state index contributed by atoms with van der Waals surface area (Å²) in [4.78, 5) is 21.5. The van der Waals surface area contributed by atoms with Gasteiger partial charge in [0.1, 0.15) is 11.3 Å². The molecular formula is C28H35N5O2. The number of nitrogen functional groups attached to an aromatic ring is 1. The molecule has 0 saturated heterocycles. The van der Waals surface area contributed by atoms with Crippen LogP contribution in [0.25, 0.3) is 21.9 Å². The van der Waals surface area contributed by atoms with Crippen LogP contribution in [-0.4, -0.2) is 27.2 Å². The van der Waals surface area contributed by atoms with Crippen LogP contribution in [0.3, 0.4) is 0 Å². The Morgan fingerprint density at radius 2 is 1.74 bits per heavy atom. The van der Waals surface area contributed by atoms with Gasteiger partial charge in [0.15, 0.2) is 5.82 Å². The average Bonchev–Trinajstić information content (AvgIpc) is 3.23. The lowest BCUT2D eigenvalue weighted by Crippen LogP contribution is -2.14. The summed E-state index contributed by atoms with van der Waals surface area (Å²) in [6.07, 6.45) is 6.91. The summed E-state index contributed by atoms with van der Waals surface area (Å²) in [6, 6.07) is 15.9. The van der Waals surface area contributed by atoms with Crippen molar-refractivity contribution in [3.63, 3.8) is 0 Å². The van der Waals surface area contributed by atoms with Crippen molar-refractivity contribution in [1.82, 2.24) is 14.5 Å². The Morgan fingerprint density at radius 3 is 2.51 bits per heavy atom. The van der Waals surface area contributed by atoms with Crippen molar-refractivity contribution in [2.45, 2.75) is 65.3 Å².